The smallest absolute Gasteiger partial charge is 0.124 e. The number of rotatable bonds is 2. The monoisotopic (exact) mass is 140 g/mol. The Labute approximate surface area is 57.4 Å². The van der Waals surface area contributed by atoms with Gasteiger partial charge in [0.15, 0.2) is 0 Å². The summed E-state index contributed by atoms with van der Waals surface area (Å²) < 4.78 is 4.54. The van der Waals surface area contributed by atoms with Gasteiger partial charge in [-0.15, -0.1) is 0 Å². The van der Waals surface area contributed by atoms with Crippen LogP contribution < -0.4 is 0 Å². The lowest BCUT2D eigenvalue weighted by molar-refractivity contribution is 0.412. The van der Waals surface area contributed by atoms with Gasteiger partial charge in [-0.1, -0.05) is 5.16 Å². The number of nitrogens with zero attached hydrogens (tertiary/aromatic N) is 2. The predicted molar refractivity (Wildman–Crippen MR) is 35.2 cm³/mol. The molecule has 0 saturated heterocycles. The second-order valence-corrected chi connectivity index (χ2v) is 1.58. The molecule has 0 saturated carbocycles. The highest BCUT2D eigenvalue weighted by Crippen LogP contribution is 1.94. The Hall–Kier alpha value is -0.990. The lowest BCUT2D eigenvalue weighted by Crippen LogP contribution is -1.76. The van der Waals surface area contributed by atoms with Crippen LogP contribution in [0.25, 0.3) is 0 Å². The maximum Gasteiger partial charge on any atom is 0.124 e. The summed E-state index contributed by atoms with van der Waals surface area (Å²) in [6.45, 7) is 0.458. The minimum absolute atomic E-state index is 0.458. The van der Waals surface area contributed by atoms with Crippen LogP contribution in [0.2, 0.25) is 0 Å². The summed E-state index contributed by atoms with van der Waals surface area (Å²) in [7, 11) is 0. The van der Waals surface area contributed by atoms with E-state index in [4.69, 9.17) is 0 Å². The molecule has 0 atom stereocenters. The van der Waals surface area contributed by atoms with Crippen molar-refractivity contribution in [1.82, 2.24) is 5.16 Å². The van der Waals surface area contributed by atoms with Gasteiger partial charge < -0.3 is 4.52 Å². The molecule has 1 aromatic rings. The van der Waals surface area contributed by atoms with Gasteiger partial charge in [0.2, 0.25) is 0 Å². The van der Waals surface area contributed by atoms with Gasteiger partial charge in [-0.25, -0.2) is 4.99 Å². The maximum atomic E-state index is 4.54. The van der Waals surface area contributed by atoms with E-state index in [2.05, 4.69) is 32.1 Å². The SMILES string of the molecule is S=C=NCc1ccon1. The van der Waals surface area contributed by atoms with E-state index in [1.165, 1.54) is 6.26 Å². The minimum atomic E-state index is 0.458. The minimum Gasteiger partial charge on any atom is -0.364 e. The van der Waals surface area contributed by atoms with Crippen molar-refractivity contribution in [2.45, 2.75) is 6.54 Å². The first-order valence-corrected chi connectivity index (χ1v) is 2.77. The molecule has 1 rings (SSSR count). The molecule has 0 aliphatic carbocycles. The Bertz CT molecular complexity index is 213. The van der Waals surface area contributed by atoms with E-state index in [0.29, 0.717) is 6.54 Å². The summed E-state index contributed by atoms with van der Waals surface area (Å²) in [5, 5.41) is 5.83. The Morgan fingerprint density at radius 3 is 3.33 bits per heavy atom. The van der Waals surface area contributed by atoms with E-state index in [-0.39, 0.29) is 0 Å². The molecule has 0 radical (unpaired) electrons. The standard InChI is InChI=1S/C5H4N2OS/c9-4-6-3-5-1-2-8-7-5/h1-2H,3H2. The van der Waals surface area contributed by atoms with Gasteiger partial charge in [0.05, 0.1) is 11.7 Å². The molecule has 3 nitrogen and oxygen atoms in total. The first kappa shape index (κ1) is 6.13. The maximum absolute atomic E-state index is 4.54. The number of thiocarbonyl (C=S) groups is 1. The fraction of sp³-hybridized carbons (Fsp3) is 0.200. The number of hydrogen-bond donors (Lipinski definition) is 0. The first-order chi connectivity index (χ1) is 4.43. The summed E-state index contributed by atoms with van der Waals surface area (Å²) in [6.07, 6.45) is 1.49. The van der Waals surface area contributed by atoms with Crippen LogP contribution in [-0.2, 0) is 6.54 Å². The van der Waals surface area contributed by atoms with Crippen molar-refractivity contribution in [2.75, 3.05) is 0 Å². The van der Waals surface area contributed by atoms with Crippen LogP contribution in [0.15, 0.2) is 21.8 Å². The number of aromatic nitrogens is 1. The van der Waals surface area contributed by atoms with Crippen LogP contribution in [0.1, 0.15) is 5.69 Å². The Morgan fingerprint density at radius 1 is 1.89 bits per heavy atom. The Kier molecular flexibility index (Phi) is 2.13. The largest absolute Gasteiger partial charge is 0.364 e. The quantitative estimate of drug-likeness (QED) is 0.458. The van der Waals surface area contributed by atoms with Crippen molar-refractivity contribution >= 4 is 17.4 Å². The van der Waals surface area contributed by atoms with E-state index in [1.54, 1.807) is 6.07 Å². The zero-order chi connectivity index (χ0) is 6.53. The van der Waals surface area contributed by atoms with Crippen LogP contribution >= 0.6 is 12.2 Å². The van der Waals surface area contributed by atoms with Gasteiger partial charge in [-0.2, -0.15) is 0 Å². The van der Waals surface area contributed by atoms with Crippen LogP contribution in [0.3, 0.4) is 0 Å². The van der Waals surface area contributed by atoms with Crippen LogP contribution in [0.5, 0.6) is 0 Å². The molecule has 0 aliphatic heterocycles. The molecule has 4 heteroatoms. The summed E-state index contributed by atoms with van der Waals surface area (Å²) in [5.41, 5.74) is 0.771. The third-order valence-corrected chi connectivity index (χ3v) is 0.926. The lowest BCUT2D eigenvalue weighted by Gasteiger charge is -1.77. The molecule has 9 heavy (non-hydrogen) atoms. The van der Waals surface area contributed by atoms with Crippen molar-refractivity contribution in [3.8, 4) is 0 Å². The fourth-order valence-corrected chi connectivity index (χ4v) is 0.497. The van der Waals surface area contributed by atoms with Crippen molar-refractivity contribution < 1.29 is 4.52 Å². The molecular weight excluding hydrogens is 136 g/mol. The van der Waals surface area contributed by atoms with Gasteiger partial charge in [-0.3, -0.25) is 0 Å². The molecule has 0 aliphatic rings. The van der Waals surface area contributed by atoms with Crippen molar-refractivity contribution in [3.05, 3.63) is 18.0 Å². The molecule has 46 valence electrons. The topological polar surface area (TPSA) is 38.4 Å². The van der Waals surface area contributed by atoms with Gasteiger partial charge in [0.1, 0.15) is 12.0 Å². The van der Waals surface area contributed by atoms with Crippen molar-refractivity contribution in [1.29, 1.82) is 0 Å². The highest BCUT2D eigenvalue weighted by Gasteiger charge is 1.90. The van der Waals surface area contributed by atoms with Crippen LogP contribution in [-0.4, -0.2) is 10.3 Å². The van der Waals surface area contributed by atoms with E-state index in [1.807, 2.05) is 0 Å². The normalized spacial score (nSPS) is 8.44. The number of isothiocyanates is 1. The molecule has 0 spiro atoms. The molecule has 0 aromatic carbocycles. The third kappa shape index (κ3) is 1.76. The Morgan fingerprint density at radius 2 is 2.78 bits per heavy atom. The van der Waals surface area contributed by atoms with Crippen molar-refractivity contribution in [2.24, 2.45) is 4.99 Å². The van der Waals surface area contributed by atoms with E-state index < -0.39 is 0 Å². The van der Waals surface area contributed by atoms with Crippen LogP contribution in [0.4, 0.5) is 0 Å². The zero-order valence-corrected chi connectivity index (χ0v) is 5.39. The highest BCUT2D eigenvalue weighted by atomic mass is 32.1. The molecule has 0 bridgehead atoms. The molecule has 0 amide bonds. The molecule has 1 aromatic heterocycles. The van der Waals surface area contributed by atoms with Gasteiger partial charge in [0.25, 0.3) is 0 Å². The fourth-order valence-electron chi connectivity index (χ4n) is 0.432. The highest BCUT2D eigenvalue weighted by molar-refractivity contribution is 7.78. The van der Waals surface area contributed by atoms with Crippen LogP contribution in [0, 0.1) is 0 Å². The molecule has 1 heterocycles. The second kappa shape index (κ2) is 3.12. The first-order valence-electron chi connectivity index (χ1n) is 2.36. The molecular formula is C5H4N2OS. The summed E-state index contributed by atoms with van der Waals surface area (Å²) in [6, 6.07) is 1.73. The Balaban J connectivity index is 2.57. The van der Waals surface area contributed by atoms with Gasteiger partial charge in [-0.05, 0) is 12.2 Å². The van der Waals surface area contributed by atoms with E-state index >= 15 is 0 Å². The van der Waals surface area contributed by atoms with E-state index in [0.717, 1.165) is 5.69 Å². The second-order valence-electron chi connectivity index (χ2n) is 1.40. The third-order valence-electron chi connectivity index (χ3n) is 0.797. The molecule has 0 fully saturated rings. The zero-order valence-electron chi connectivity index (χ0n) is 4.57. The number of aliphatic imine (C=N–C) groups is 1. The molecule has 0 N–H and O–H groups in total. The lowest BCUT2D eigenvalue weighted by atomic mass is 10.4. The predicted octanol–water partition coefficient (Wildman–Crippen LogP) is 1.28. The average Bonchev–Trinajstić information content (AvgIpc) is 2.34. The van der Waals surface area contributed by atoms with Gasteiger partial charge in [0, 0.05) is 6.07 Å². The number of hydrogen-bond acceptors (Lipinski definition) is 4. The van der Waals surface area contributed by atoms with E-state index in [9.17, 15) is 0 Å². The molecule has 0 unspecified atom stereocenters. The van der Waals surface area contributed by atoms with Crippen molar-refractivity contribution in [3.63, 3.8) is 0 Å². The van der Waals surface area contributed by atoms with Gasteiger partial charge >= 0.3 is 0 Å². The average molecular weight is 140 g/mol. The summed E-state index contributed by atoms with van der Waals surface area (Å²) in [5.74, 6) is 0. The summed E-state index contributed by atoms with van der Waals surface area (Å²) >= 11 is 4.35. The summed E-state index contributed by atoms with van der Waals surface area (Å²) in [4.78, 5) is 3.66.